The van der Waals surface area contributed by atoms with E-state index in [1.54, 1.807) is 0 Å². The van der Waals surface area contributed by atoms with Gasteiger partial charge in [-0.05, 0) is 16.7 Å². The van der Waals surface area contributed by atoms with Gasteiger partial charge in [0, 0.05) is 21.0 Å². The molecule has 0 unspecified atom stereocenters. The van der Waals surface area contributed by atoms with Crippen molar-refractivity contribution in [2.45, 2.75) is 95.1 Å². The molecule has 0 aromatic heterocycles. The molecule has 3 fully saturated rings. The number of esters is 2. The summed E-state index contributed by atoms with van der Waals surface area (Å²) >= 11 is 0. The lowest BCUT2D eigenvalue weighted by Crippen LogP contribution is -2.65. The Morgan fingerprint density at radius 2 is 1.13 bits per heavy atom. The van der Waals surface area contributed by atoms with Gasteiger partial charge in [0.2, 0.25) is 0 Å². The molecule has 3 heterocycles. The Kier molecular flexibility index (Phi) is 13.4. The quantitative estimate of drug-likeness (QED) is 0.152. The molecule has 0 aliphatic carbocycles. The minimum absolute atomic E-state index is 0.0821. The highest BCUT2D eigenvalue weighted by Crippen LogP contribution is 2.38. The summed E-state index contributed by atoms with van der Waals surface area (Å²) in [5.74, 6) is -1.26. The minimum atomic E-state index is -1.34. The number of carbonyl (C=O) groups is 3. The van der Waals surface area contributed by atoms with Crippen molar-refractivity contribution < 1.29 is 66.5 Å². The third-order valence-corrected chi connectivity index (χ3v) is 8.89. The summed E-state index contributed by atoms with van der Waals surface area (Å²) in [4.78, 5) is 36.6. The number of methoxy groups -OCH3 is 1. The van der Waals surface area contributed by atoms with E-state index in [1.165, 1.54) is 21.0 Å². The van der Waals surface area contributed by atoms with Crippen LogP contribution in [0, 0.1) is 0 Å². The Hall–Kier alpha value is -4.41. The highest BCUT2D eigenvalue weighted by Gasteiger charge is 2.59. The maximum absolute atomic E-state index is 12.6. The lowest BCUT2D eigenvalue weighted by atomic mass is 9.96. The number of hydrogen-bond acceptors (Lipinski definition) is 14. The van der Waals surface area contributed by atoms with Gasteiger partial charge in [0.25, 0.3) is 0 Å². The molecule has 0 bridgehead atoms. The first-order chi connectivity index (χ1) is 25.8. The summed E-state index contributed by atoms with van der Waals surface area (Å²) in [5.41, 5.74) is 2.74. The molecule has 10 atom stereocenters. The Bertz CT molecular complexity index is 1610. The van der Waals surface area contributed by atoms with Crippen molar-refractivity contribution in [2.75, 3.05) is 20.3 Å². The maximum atomic E-state index is 12.6. The Labute approximate surface area is 307 Å². The molecule has 3 aliphatic rings. The van der Waals surface area contributed by atoms with Gasteiger partial charge in [-0.2, -0.15) is 0 Å². The van der Waals surface area contributed by atoms with Crippen molar-refractivity contribution in [3.8, 4) is 0 Å². The zero-order valence-electron chi connectivity index (χ0n) is 29.7. The predicted octanol–water partition coefficient (Wildman–Crippen LogP) is 4.25. The second-order valence-corrected chi connectivity index (χ2v) is 12.7. The molecule has 3 saturated heterocycles. The van der Waals surface area contributed by atoms with E-state index < -0.39 is 79.5 Å². The smallest absolute Gasteiger partial charge is 0.463 e. The van der Waals surface area contributed by atoms with Crippen LogP contribution in [-0.2, 0) is 81.5 Å². The van der Waals surface area contributed by atoms with Crippen LogP contribution in [0.3, 0.4) is 0 Å². The van der Waals surface area contributed by atoms with Gasteiger partial charge in [0.05, 0.1) is 26.4 Å². The fourth-order valence-corrected chi connectivity index (χ4v) is 6.46. The molecule has 53 heavy (non-hydrogen) atoms. The average Bonchev–Trinajstić information content (AvgIpc) is 3.56. The first kappa shape index (κ1) is 38.3. The van der Waals surface area contributed by atoms with Gasteiger partial charge in [-0.1, -0.05) is 91.0 Å². The summed E-state index contributed by atoms with van der Waals surface area (Å²) < 4.78 is 66.6. The summed E-state index contributed by atoms with van der Waals surface area (Å²) in [6, 6.07) is 28.8. The largest absolute Gasteiger partial charge is 0.509 e. The summed E-state index contributed by atoms with van der Waals surface area (Å²) in [6.07, 6.45) is -11.5. The van der Waals surface area contributed by atoms with Gasteiger partial charge in [-0.15, -0.1) is 0 Å². The van der Waals surface area contributed by atoms with Crippen LogP contribution in [0.2, 0.25) is 0 Å². The fourth-order valence-electron chi connectivity index (χ4n) is 6.46. The summed E-state index contributed by atoms with van der Waals surface area (Å²) in [7, 11) is 1.49. The average molecular weight is 737 g/mol. The van der Waals surface area contributed by atoms with Gasteiger partial charge in [-0.25, -0.2) is 4.79 Å². The Morgan fingerprint density at radius 3 is 1.70 bits per heavy atom. The zero-order valence-corrected chi connectivity index (χ0v) is 29.7. The highest BCUT2D eigenvalue weighted by atomic mass is 16.8. The number of rotatable bonds is 16. The molecule has 14 heteroatoms. The number of ether oxygens (including phenoxy) is 11. The topological polar surface area (TPSA) is 153 Å². The predicted molar refractivity (Wildman–Crippen MR) is 183 cm³/mol. The van der Waals surface area contributed by atoms with Gasteiger partial charge in [-0.3, -0.25) is 9.59 Å². The first-order valence-electron chi connectivity index (χ1n) is 17.4. The second kappa shape index (κ2) is 18.6. The van der Waals surface area contributed by atoms with Gasteiger partial charge in [0.1, 0.15) is 37.1 Å². The van der Waals surface area contributed by atoms with Gasteiger partial charge >= 0.3 is 18.1 Å². The molecule has 0 saturated carbocycles. The van der Waals surface area contributed by atoms with Crippen molar-refractivity contribution in [1.82, 2.24) is 0 Å². The molecular weight excluding hydrogens is 692 g/mol. The first-order valence-corrected chi connectivity index (χ1v) is 17.4. The van der Waals surface area contributed by atoms with Crippen LogP contribution in [0.4, 0.5) is 4.79 Å². The number of benzene rings is 3. The molecule has 0 amide bonds. The Balaban J connectivity index is 1.33. The standard InChI is InChI=1S/C39H44O14/c1-24(40)45-23-30-32(48-25(2)41)34-36(53-39(42)52-34)38(50-30)51-33-31(46-20-27-15-9-5-10-16-27)29(22-44-19-26-13-7-4-8-14-26)49-37(43-3)35(33)47-21-28-17-11-6-12-18-28/h4-18,29-38H,19-23H2,1-3H3/t29-,30-,31-,32-,33+,34+,35-,36-,37+,38-/m1/s1. The van der Waals surface area contributed by atoms with Crippen molar-refractivity contribution in [3.63, 3.8) is 0 Å². The molecule has 3 aromatic rings. The van der Waals surface area contributed by atoms with Crippen molar-refractivity contribution in [1.29, 1.82) is 0 Å². The maximum Gasteiger partial charge on any atom is 0.509 e. The zero-order chi connectivity index (χ0) is 37.2. The molecule has 0 N–H and O–H groups in total. The molecule has 3 aromatic carbocycles. The van der Waals surface area contributed by atoms with E-state index >= 15 is 0 Å². The third-order valence-electron chi connectivity index (χ3n) is 8.89. The lowest BCUT2D eigenvalue weighted by Gasteiger charge is -2.48. The monoisotopic (exact) mass is 736 g/mol. The van der Waals surface area contributed by atoms with E-state index in [4.69, 9.17) is 52.1 Å². The van der Waals surface area contributed by atoms with E-state index in [9.17, 15) is 14.4 Å². The van der Waals surface area contributed by atoms with Gasteiger partial charge in [0.15, 0.2) is 30.9 Å². The molecule has 6 rings (SSSR count). The van der Waals surface area contributed by atoms with E-state index in [0.717, 1.165) is 16.7 Å². The molecule has 284 valence electrons. The van der Waals surface area contributed by atoms with E-state index in [1.807, 2.05) is 91.0 Å². The van der Waals surface area contributed by atoms with E-state index in [-0.39, 0.29) is 26.4 Å². The van der Waals surface area contributed by atoms with Crippen LogP contribution in [0.15, 0.2) is 91.0 Å². The lowest BCUT2D eigenvalue weighted by molar-refractivity contribution is -0.361. The molecule has 3 aliphatic heterocycles. The van der Waals surface area contributed by atoms with Crippen LogP contribution < -0.4 is 0 Å². The van der Waals surface area contributed by atoms with Crippen LogP contribution >= 0.6 is 0 Å². The SMILES string of the molecule is CO[C@H]1O[C@H](COCc2ccccc2)[C@@H](OCc2ccccc2)[C@H](O[C@H]2O[C@H](COC(C)=O)[C@@H](OC(C)=O)[C@@H]3OC(=O)O[C@@H]23)[C@H]1OCc1ccccc1. The van der Waals surface area contributed by atoms with E-state index in [2.05, 4.69) is 0 Å². The summed E-state index contributed by atoms with van der Waals surface area (Å²) in [5, 5.41) is 0. The van der Waals surface area contributed by atoms with Crippen molar-refractivity contribution in [3.05, 3.63) is 108 Å². The van der Waals surface area contributed by atoms with E-state index in [0.29, 0.717) is 6.61 Å². The molecular formula is C39H44O14. The molecule has 0 spiro atoms. The van der Waals surface area contributed by atoms with Crippen LogP contribution in [-0.4, -0.2) is 99.8 Å². The van der Waals surface area contributed by atoms with Gasteiger partial charge < -0.3 is 52.1 Å². The van der Waals surface area contributed by atoms with Crippen LogP contribution in [0.1, 0.15) is 30.5 Å². The fraction of sp³-hybridized carbons (Fsp3) is 0.462. The van der Waals surface area contributed by atoms with Crippen molar-refractivity contribution in [2.24, 2.45) is 0 Å². The van der Waals surface area contributed by atoms with Crippen LogP contribution in [0.25, 0.3) is 0 Å². The normalized spacial score (nSPS) is 29.4. The van der Waals surface area contributed by atoms with Crippen molar-refractivity contribution >= 4 is 18.1 Å². The third kappa shape index (κ3) is 10.2. The molecule has 14 nitrogen and oxygen atoms in total. The highest BCUT2D eigenvalue weighted by molar-refractivity contribution is 5.67. The minimum Gasteiger partial charge on any atom is -0.463 e. The number of fused-ring (bicyclic) bond motifs is 1. The second-order valence-electron chi connectivity index (χ2n) is 12.7. The summed E-state index contributed by atoms with van der Waals surface area (Å²) in [6.45, 7) is 2.82. The molecule has 0 radical (unpaired) electrons. The van der Waals surface area contributed by atoms with Crippen LogP contribution in [0.5, 0.6) is 0 Å². The Morgan fingerprint density at radius 1 is 0.604 bits per heavy atom. The number of hydrogen-bond donors (Lipinski definition) is 0. The number of carbonyl (C=O) groups excluding carboxylic acids is 3.